The van der Waals surface area contributed by atoms with Crippen LogP contribution in [0.15, 0.2) is 12.4 Å². The van der Waals surface area contributed by atoms with Crippen molar-refractivity contribution >= 4 is 0 Å². The molecule has 0 spiro atoms. The van der Waals surface area contributed by atoms with Crippen molar-refractivity contribution in [1.82, 2.24) is 30.0 Å². The predicted octanol–water partition coefficient (Wildman–Crippen LogP) is 1.59. The van der Waals surface area contributed by atoms with Crippen LogP contribution in [0, 0.1) is 13.8 Å². The number of aromatic amines is 1. The van der Waals surface area contributed by atoms with Crippen LogP contribution in [-0.2, 0) is 6.54 Å². The van der Waals surface area contributed by atoms with Crippen LogP contribution in [0.25, 0.3) is 0 Å². The first-order chi connectivity index (χ1) is 9.70. The molecule has 3 rings (SSSR count). The van der Waals surface area contributed by atoms with Gasteiger partial charge in [-0.05, 0) is 39.8 Å². The standard InChI is InChI=1S/C14H20N6/c1-10-7-16-13(8-15-10)9-20-5-3-12(4-6-20)14-17-11(2)18-19-14/h7-8,12H,3-6,9H2,1-2H3,(H,17,18,19). The van der Waals surface area contributed by atoms with Crippen LogP contribution in [0.3, 0.4) is 0 Å². The van der Waals surface area contributed by atoms with Gasteiger partial charge in [0.15, 0.2) is 5.82 Å². The summed E-state index contributed by atoms with van der Waals surface area (Å²) in [6.45, 7) is 6.91. The van der Waals surface area contributed by atoms with Crippen LogP contribution in [0.4, 0.5) is 0 Å². The van der Waals surface area contributed by atoms with Crippen LogP contribution in [0.5, 0.6) is 0 Å². The molecule has 0 amide bonds. The van der Waals surface area contributed by atoms with Crippen LogP contribution in [0.2, 0.25) is 0 Å². The topological polar surface area (TPSA) is 70.6 Å². The van der Waals surface area contributed by atoms with Crippen LogP contribution in [-0.4, -0.2) is 43.1 Å². The second-order valence-electron chi connectivity index (χ2n) is 5.48. The van der Waals surface area contributed by atoms with E-state index in [1.54, 1.807) is 0 Å². The van der Waals surface area contributed by atoms with Gasteiger partial charge < -0.3 is 0 Å². The summed E-state index contributed by atoms with van der Waals surface area (Å²) in [7, 11) is 0. The quantitative estimate of drug-likeness (QED) is 0.918. The summed E-state index contributed by atoms with van der Waals surface area (Å²) in [4.78, 5) is 15.6. The molecule has 6 heteroatoms. The Labute approximate surface area is 118 Å². The van der Waals surface area contributed by atoms with Crippen molar-refractivity contribution in [2.24, 2.45) is 0 Å². The number of nitrogens with one attached hydrogen (secondary N) is 1. The van der Waals surface area contributed by atoms with E-state index >= 15 is 0 Å². The van der Waals surface area contributed by atoms with Crippen molar-refractivity contribution < 1.29 is 0 Å². The average Bonchev–Trinajstić information content (AvgIpc) is 2.89. The van der Waals surface area contributed by atoms with E-state index in [9.17, 15) is 0 Å². The highest BCUT2D eigenvalue weighted by molar-refractivity contribution is 5.02. The Bertz CT molecular complexity index is 553. The van der Waals surface area contributed by atoms with E-state index in [1.807, 2.05) is 26.2 Å². The van der Waals surface area contributed by atoms with Crippen LogP contribution < -0.4 is 0 Å². The zero-order valence-corrected chi connectivity index (χ0v) is 12.0. The third kappa shape index (κ3) is 3.01. The molecular formula is C14H20N6. The van der Waals surface area contributed by atoms with Gasteiger partial charge in [-0.15, -0.1) is 0 Å². The second kappa shape index (κ2) is 5.66. The maximum Gasteiger partial charge on any atom is 0.153 e. The Kier molecular flexibility index (Phi) is 3.73. The highest BCUT2D eigenvalue weighted by atomic mass is 15.2. The van der Waals surface area contributed by atoms with Crippen molar-refractivity contribution in [2.75, 3.05) is 13.1 Å². The molecule has 1 saturated heterocycles. The first kappa shape index (κ1) is 13.2. The van der Waals surface area contributed by atoms with Crippen LogP contribution >= 0.6 is 0 Å². The second-order valence-corrected chi connectivity index (χ2v) is 5.48. The number of hydrogen-bond donors (Lipinski definition) is 1. The van der Waals surface area contributed by atoms with Gasteiger partial charge in [-0.1, -0.05) is 0 Å². The molecule has 0 bridgehead atoms. The van der Waals surface area contributed by atoms with Gasteiger partial charge in [0, 0.05) is 24.9 Å². The van der Waals surface area contributed by atoms with E-state index in [4.69, 9.17) is 0 Å². The van der Waals surface area contributed by atoms with E-state index in [0.717, 1.165) is 55.5 Å². The monoisotopic (exact) mass is 272 g/mol. The number of hydrogen-bond acceptors (Lipinski definition) is 5. The Balaban J connectivity index is 1.54. The lowest BCUT2D eigenvalue weighted by Crippen LogP contribution is -2.33. The molecule has 0 atom stereocenters. The van der Waals surface area contributed by atoms with Gasteiger partial charge in [-0.2, -0.15) is 5.10 Å². The largest absolute Gasteiger partial charge is 0.297 e. The van der Waals surface area contributed by atoms with E-state index in [-0.39, 0.29) is 0 Å². The fraction of sp³-hybridized carbons (Fsp3) is 0.571. The number of likely N-dealkylation sites (tertiary alicyclic amines) is 1. The summed E-state index contributed by atoms with van der Waals surface area (Å²) in [5, 5.41) is 7.21. The first-order valence-corrected chi connectivity index (χ1v) is 7.09. The summed E-state index contributed by atoms with van der Waals surface area (Å²) in [5.41, 5.74) is 2.01. The predicted molar refractivity (Wildman–Crippen MR) is 75.1 cm³/mol. The molecule has 6 nitrogen and oxygen atoms in total. The molecule has 2 aromatic heterocycles. The Morgan fingerprint density at radius 1 is 1.20 bits per heavy atom. The number of piperidine rings is 1. The first-order valence-electron chi connectivity index (χ1n) is 7.09. The highest BCUT2D eigenvalue weighted by Gasteiger charge is 2.23. The minimum absolute atomic E-state index is 0.486. The minimum Gasteiger partial charge on any atom is -0.297 e. The SMILES string of the molecule is Cc1cnc(CN2CCC(c3n[nH]c(C)n3)CC2)cn1. The van der Waals surface area contributed by atoms with Crippen molar-refractivity contribution in [2.45, 2.75) is 39.2 Å². The number of rotatable bonds is 3. The lowest BCUT2D eigenvalue weighted by atomic mass is 9.96. The van der Waals surface area contributed by atoms with Crippen molar-refractivity contribution in [3.8, 4) is 0 Å². The lowest BCUT2D eigenvalue weighted by molar-refractivity contribution is 0.199. The van der Waals surface area contributed by atoms with Crippen molar-refractivity contribution in [3.63, 3.8) is 0 Å². The van der Waals surface area contributed by atoms with Gasteiger partial charge >= 0.3 is 0 Å². The summed E-state index contributed by atoms with van der Waals surface area (Å²) < 4.78 is 0. The highest BCUT2D eigenvalue weighted by Crippen LogP contribution is 2.25. The molecule has 1 aliphatic heterocycles. The molecule has 3 heterocycles. The third-order valence-electron chi connectivity index (χ3n) is 3.79. The fourth-order valence-corrected chi connectivity index (χ4v) is 2.62. The van der Waals surface area contributed by atoms with Crippen molar-refractivity contribution in [1.29, 1.82) is 0 Å². The molecule has 1 aliphatic rings. The minimum atomic E-state index is 0.486. The maximum atomic E-state index is 4.45. The van der Waals surface area contributed by atoms with E-state index < -0.39 is 0 Å². The number of H-pyrrole nitrogens is 1. The smallest absolute Gasteiger partial charge is 0.153 e. The molecular weight excluding hydrogens is 252 g/mol. The number of nitrogens with zero attached hydrogens (tertiary/aromatic N) is 5. The third-order valence-corrected chi connectivity index (χ3v) is 3.79. The van der Waals surface area contributed by atoms with E-state index in [0.29, 0.717) is 5.92 Å². The van der Waals surface area contributed by atoms with Gasteiger partial charge in [-0.3, -0.25) is 20.0 Å². The zero-order chi connectivity index (χ0) is 13.9. The fourth-order valence-electron chi connectivity index (χ4n) is 2.62. The number of aryl methyl sites for hydroxylation is 2. The van der Waals surface area contributed by atoms with Gasteiger partial charge in [0.1, 0.15) is 5.82 Å². The summed E-state index contributed by atoms with van der Waals surface area (Å²) in [5.74, 6) is 2.36. The summed E-state index contributed by atoms with van der Waals surface area (Å²) in [6.07, 6.45) is 5.92. The summed E-state index contributed by atoms with van der Waals surface area (Å²) >= 11 is 0. The van der Waals surface area contributed by atoms with E-state index in [2.05, 4.69) is 30.0 Å². The molecule has 0 unspecified atom stereocenters. The van der Waals surface area contributed by atoms with Gasteiger partial charge in [-0.25, -0.2) is 4.98 Å². The maximum absolute atomic E-state index is 4.45. The zero-order valence-electron chi connectivity index (χ0n) is 12.0. The van der Waals surface area contributed by atoms with Crippen molar-refractivity contribution in [3.05, 3.63) is 35.4 Å². The normalized spacial score (nSPS) is 17.5. The molecule has 0 aliphatic carbocycles. The molecule has 0 radical (unpaired) electrons. The molecule has 1 fully saturated rings. The Morgan fingerprint density at radius 3 is 2.60 bits per heavy atom. The molecule has 0 saturated carbocycles. The Morgan fingerprint density at radius 2 is 2.00 bits per heavy atom. The van der Waals surface area contributed by atoms with Crippen LogP contribution in [0.1, 0.15) is 41.8 Å². The molecule has 1 N–H and O–H groups in total. The van der Waals surface area contributed by atoms with E-state index in [1.165, 1.54) is 0 Å². The van der Waals surface area contributed by atoms with Gasteiger partial charge in [0.25, 0.3) is 0 Å². The molecule has 106 valence electrons. The van der Waals surface area contributed by atoms with Gasteiger partial charge in [0.05, 0.1) is 11.4 Å². The lowest BCUT2D eigenvalue weighted by Gasteiger charge is -2.30. The summed E-state index contributed by atoms with van der Waals surface area (Å²) in [6, 6.07) is 0. The molecule has 20 heavy (non-hydrogen) atoms. The molecule has 2 aromatic rings. The number of aromatic nitrogens is 5. The molecule has 0 aromatic carbocycles. The average molecular weight is 272 g/mol. The van der Waals surface area contributed by atoms with Gasteiger partial charge in [0.2, 0.25) is 0 Å². The Hall–Kier alpha value is -1.82.